The van der Waals surface area contributed by atoms with Crippen molar-refractivity contribution in [1.82, 2.24) is 9.78 Å². The van der Waals surface area contributed by atoms with Gasteiger partial charge in [0.25, 0.3) is 5.91 Å². The highest BCUT2D eigenvalue weighted by Gasteiger charge is 2.20. The number of benzene rings is 1. The lowest BCUT2D eigenvalue weighted by Crippen LogP contribution is -2.18. The normalized spacial score (nSPS) is 11.2. The molecule has 0 saturated heterocycles. The number of anilines is 1. The van der Waals surface area contributed by atoms with E-state index in [4.69, 9.17) is 4.74 Å². The van der Waals surface area contributed by atoms with Gasteiger partial charge in [0, 0.05) is 12.6 Å². The molecule has 1 amide bonds. The molecule has 0 unspecified atom stereocenters. The van der Waals surface area contributed by atoms with Gasteiger partial charge in [0.15, 0.2) is 0 Å². The molecule has 0 atom stereocenters. The van der Waals surface area contributed by atoms with Crippen LogP contribution in [0.5, 0.6) is 0 Å². The molecule has 0 bridgehead atoms. The Hall–Kier alpha value is -2.63. The third kappa shape index (κ3) is 3.82. The molecule has 1 aromatic carbocycles. The van der Waals surface area contributed by atoms with Crippen LogP contribution in [0.1, 0.15) is 54.0 Å². The minimum atomic E-state index is -0.510. The van der Waals surface area contributed by atoms with E-state index in [1.54, 1.807) is 26.1 Å². The Bertz CT molecular complexity index is 740. The summed E-state index contributed by atoms with van der Waals surface area (Å²) in [4.78, 5) is 24.4. The van der Waals surface area contributed by atoms with Crippen molar-refractivity contribution in [3.05, 3.63) is 47.2 Å². The number of nitrogens with one attached hydrogen (secondary N) is 1. The van der Waals surface area contributed by atoms with Crippen molar-refractivity contribution in [3.63, 3.8) is 0 Å². The van der Waals surface area contributed by atoms with Gasteiger partial charge in [-0.05, 0) is 30.0 Å². The Labute approximate surface area is 141 Å². The second-order valence-electron chi connectivity index (χ2n) is 6.53. The molecule has 128 valence electrons. The topological polar surface area (TPSA) is 73.2 Å². The molecule has 0 radical (unpaired) electrons. The summed E-state index contributed by atoms with van der Waals surface area (Å²) >= 11 is 0. The van der Waals surface area contributed by atoms with E-state index in [0.29, 0.717) is 11.4 Å². The van der Waals surface area contributed by atoms with Crippen LogP contribution < -0.4 is 5.32 Å². The summed E-state index contributed by atoms with van der Waals surface area (Å²) in [5, 5.41) is 6.75. The van der Waals surface area contributed by atoms with E-state index in [9.17, 15) is 9.59 Å². The van der Waals surface area contributed by atoms with Gasteiger partial charge >= 0.3 is 5.97 Å². The zero-order valence-corrected chi connectivity index (χ0v) is 14.7. The maximum Gasteiger partial charge on any atom is 0.343 e. The predicted molar refractivity (Wildman–Crippen MR) is 92.3 cm³/mol. The Balaban J connectivity index is 2.21. The van der Waals surface area contributed by atoms with Crippen LogP contribution in [0.3, 0.4) is 0 Å². The van der Waals surface area contributed by atoms with Gasteiger partial charge in [0.1, 0.15) is 11.4 Å². The van der Waals surface area contributed by atoms with Gasteiger partial charge in [-0.2, -0.15) is 5.10 Å². The molecule has 1 heterocycles. The zero-order valence-electron chi connectivity index (χ0n) is 14.7. The zero-order chi connectivity index (χ0) is 17.9. The van der Waals surface area contributed by atoms with Gasteiger partial charge in [0.05, 0.1) is 12.8 Å². The number of carbonyl (C=O) groups is 2. The molecular weight excluding hydrogens is 306 g/mol. The molecule has 6 nitrogen and oxygen atoms in total. The lowest BCUT2D eigenvalue weighted by molar-refractivity contribution is 0.0527. The lowest BCUT2D eigenvalue weighted by atomic mass is 9.87. The molecule has 0 aliphatic heterocycles. The molecule has 6 heteroatoms. The van der Waals surface area contributed by atoms with E-state index in [-0.39, 0.29) is 23.5 Å². The van der Waals surface area contributed by atoms with Gasteiger partial charge in [-0.1, -0.05) is 32.9 Å². The lowest BCUT2D eigenvalue weighted by Gasteiger charge is -2.19. The van der Waals surface area contributed by atoms with Crippen LogP contribution >= 0.6 is 0 Å². The summed E-state index contributed by atoms with van der Waals surface area (Å²) in [6.07, 6.45) is 1.39. The summed E-state index contributed by atoms with van der Waals surface area (Å²) in [5.41, 5.74) is 1.92. The second kappa shape index (κ2) is 6.86. The van der Waals surface area contributed by atoms with E-state index in [1.165, 1.54) is 10.9 Å². The summed E-state index contributed by atoms with van der Waals surface area (Å²) in [7, 11) is 1.65. The van der Waals surface area contributed by atoms with Crippen LogP contribution in [0.15, 0.2) is 30.5 Å². The van der Waals surface area contributed by atoms with E-state index < -0.39 is 5.97 Å². The molecule has 1 N–H and O–H groups in total. The summed E-state index contributed by atoms with van der Waals surface area (Å²) in [6, 6.07) is 7.42. The number of nitrogens with zero attached hydrogens (tertiary/aromatic N) is 2. The summed E-state index contributed by atoms with van der Waals surface area (Å²) in [6.45, 7) is 8.33. The van der Waals surface area contributed by atoms with Crippen molar-refractivity contribution in [2.45, 2.75) is 33.1 Å². The molecular formula is C18H23N3O3. The fraction of sp³-hybridized carbons (Fsp3) is 0.389. The van der Waals surface area contributed by atoms with Gasteiger partial charge < -0.3 is 10.1 Å². The van der Waals surface area contributed by atoms with Crippen LogP contribution in [0.4, 0.5) is 5.82 Å². The van der Waals surface area contributed by atoms with Crippen molar-refractivity contribution in [2.24, 2.45) is 7.05 Å². The number of amides is 1. The van der Waals surface area contributed by atoms with E-state index in [1.807, 2.05) is 12.1 Å². The quantitative estimate of drug-likeness (QED) is 0.875. The van der Waals surface area contributed by atoms with E-state index >= 15 is 0 Å². The molecule has 0 saturated carbocycles. The number of esters is 1. The second-order valence-corrected chi connectivity index (χ2v) is 6.53. The van der Waals surface area contributed by atoms with Crippen LogP contribution in [0.25, 0.3) is 0 Å². The first-order valence-corrected chi connectivity index (χ1v) is 7.85. The first kappa shape index (κ1) is 17.7. The molecule has 0 aliphatic rings. The Morgan fingerprint density at radius 2 is 1.83 bits per heavy atom. The summed E-state index contributed by atoms with van der Waals surface area (Å²) in [5.74, 6) is -0.494. The van der Waals surface area contributed by atoms with Gasteiger partial charge in [-0.3, -0.25) is 9.48 Å². The monoisotopic (exact) mass is 329 g/mol. The van der Waals surface area contributed by atoms with Crippen LogP contribution in [0, 0.1) is 0 Å². The van der Waals surface area contributed by atoms with Crippen molar-refractivity contribution in [2.75, 3.05) is 11.9 Å². The van der Waals surface area contributed by atoms with Crippen LogP contribution in [0.2, 0.25) is 0 Å². The van der Waals surface area contributed by atoms with Gasteiger partial charge in [0.2, 0.25) is 0 Å². The van der Waals surface area contributed by atoms with Crippen molar-refractivity contribution in [1.29, 1.82) is 0 Å². The van der Waals surface area contributed by atoms with Crippen molar-refractivity contribution < 1.29 is 14.3 Å². The molecule has 24 heavy (non-hydrogen) atoms. The number of rotatable bonds is 4. The highest BCUT2D eigenvalue weighted by molar-refractivity contribution is 6.07. The number of aromatic nitrogens is 2. The Morgan fingerprint density at radius 1 is 1.21 bits per heavy atom. The molecule has 1 aromatic heterocycles. The first-order chi connectivity index (χ1) is 11.2. The maximum absolute atomic E-state index is 12.5. The Kier molecular flexibility index (Phi) is 5.07. The maximum atomic E-state index is 12.5. The fourth-order valence-corrected chi connectivity index (χ4v) is 2.25. The van der Waals surface area contributed by atoms with E-state index in [0.717, 1.165) is 5.56 Å². The predicted octanol–water partition coefficient (Wildman–Crippen LogP) is 3.15. The summed E-state index contributed by atoms with van der Waals surface area (Å²) < 4.78 is 6.42. The fourth-order valence-electron chi connectivity index (χ4n) is 2.25. The van der Waals surface area contributed by atoms with Gasteiger partial charge in [-0.15, -0.1) is 0 Å². The van der Waals surface area contributed by atoms with Crippen LogP contribution in [-0.4, -0.2) is 28.3 Å². The largest absolute Gasteiger partial charge is 0.462 e. The number of hydrogen-bond donors (Lipinski definition) is 1. The number of hydrogen-bond acceptors (Lipinski definition) is 4. The van der Waals surface area contributed by atoms with Crippen LogP contribution in [-0.2, 0) is 17.2 Å². The smallest absolute Gasteiger partial charge is 0.343 e. The third-order valence-corrected chi connectivity index (χ3v) is 3.68. The number of carbonyl (C=O) groups excluding carboxylic acids is 2. The average molecular weight is 329 g/mol. The molecule has 0 fully saturated rings. The highest BCUT2D eigenvalue weighted by atomic mass is 16.5. The standard InChI is InChI=1S/C18H23N3O3/c1-6-24-17(23)14-11-19-21(5)15(14)20-16(22)12-7-9-13(10-8-12)18(2,3)4/h7-11H,6H2,1-5H3,(H,20,22). The number of aryl methyl sites for hydroxylation is 1. The third-order valence-electron chi connectivity index (χ3n) is 3.68. The molecule has 2 rings (SSSR count). The molecule has 0 spiro atoms. The molecule has 2 aromatic rings. The van der Waals surface area contributed by atoms with Crippen molar-refractivity contribution in [3.8, 4) is 0 Å². The first-order valence-electron chi connectivity index (χ1n) is 7.85. The average Bonchev–Trinajstić information content (AvgIpc) is 2.88. The Morgan fingerprint density at radius 3 is 2.38 bits per heavy atom. The van der Waals surface area contributed by atoms with E-state index in [2.05, 4.69) is 31.2 Å². The highest BCUT2D eigenvalue weighted by Crippen LogP contribution is 2.23. The SMILES string of the molecule is CCOC(=O)c1cnn(C)c1NC(=O)c1ccc(C(C)(C)C)cc1. The van der Waals surface area contributed by atoms with Crippen molar-refractivity contribution >= 4 is 17.7 Å². The van der Waals surface area contributed by atoms with Gasteiger partial charge in [-0.25, -0.2) is 4.79 Å². The number of ether oxygens (including phenoxy) is 1. The molecule has 0 aliphatic carbocycles. The minimum absolute atomic E-state index is 0.0219. The minimum Gasteiger partial charge on any atom is -0.462 e.